The minimum absolute atomic E-state index is 0.0137. The number of amides is 1. The Hall–Kier alpha value is -2.51. The van der Waals surface area contributed by atoms with E-state index in [1.807, 2.05) is 13.8 Å². The number of amidine groups is 1. The molecule has 0 saturated carbocycles. The minimum Gasteiger partial charge on any atom is -0.493 e. The highest BCUT2D eigenvalue weighted by atomic mass is 35.5. The monoisotopic (exact) mass is 448 g/mol. The van der Waals surface area contributed by atoms with Crippen LogP contribution in [0.2, 0.25) is 5.02 Å². The molecule has 0 N–H and O–H groups in total. The molecule has 1 aliphatic rings. The Morgan fingerprint density at radius 2 is 2.03 bits per heavy atom. The standard InChI is InChI=1S/C22H22ClFN2O3S/c1-4-25-22-26(5-2)21(27)19(30-22)12-14-10-16(23)20(18(11-14)28-3)29-13-15-8-6-7-9-17(15)24/h6-12H,4-5,13H2,1-3H3/b19-12+,25-22?. The van der Waals surface area contributed by atoms with Crippen molar-refractivity contribution in [1.82, 2.24) is 4.90 Å². The molecule has 5 nitrogen and oxygen atoms in total. The fourth-order valence-electron chi connectivity index (χ4n) is 2.92. The molecule has 0 bridgehead atoms. The normalized spacial score (nSPS) is 16.6. The number of halogens is 2. The molecule has 0 atom stereocenters. The van der Waals surface area contributed by atoms with Crippen LogP contribution in [0.5, 0.6) is 11.5 Å². The molecular weight excluding hydrogens is 427 g/mol. The van der Waals surface area contributed by atoms with Crippen molar-refractivity contribution in [3.63, 3.8) is 0 Å². The molecule has 1 amide bonds. The largest absolute Gasteiger partial charge is 0.493 e. The third-order valence-corrected chi connectivity index (χ3v) is 5.70. The Bertz CT molecular complexity index is 1010. The van der Waals surface area contributed by atoms with Gasteiger partial charge in [-0.1, -0.05) is 29.8 Å². The van der Waals surface area contributed by atoms with Gasteiger partial charge in [0, 0.05) is 18.7 Å². The summed E-state index contributed by atoms with van der Waals surface area (Å²) in [7, 11) is 1.50. The summed E-state index contributed by atoms with van der Waals surface area (Å²) < 4.78 is 25.0. The van der Waals surface area contributed by atoms with Crippen LogP contribution in [0.25, 0.3) is 6.08 Å². The average molecular weight is 449 g/mol. The molecule has 3 rings (SSSR count). The average Bonchev–Trinajstić information content (AvgIpc) is 3.02. The lowest BCUT2D eigenvalue weighted by Gasteiger charge is -2.14. The van der Waals surface area contributed by atoms with E-state index in [-0.39, 0.29) is 18.3 Å². The Morgan fingerprint density at radius 3 is 2.70 bits per heavy atom. The zero-order valence-electron chi connectivity index (χ0n) is 16.9. The third-order valence-electron chi connectivity index (χ3n) is 4.38. The SMILES string of the molecule is CCN=C1S/C(=C/c2cc(Cl)c(OCc3ccccc3F)c(OC)c2)C(=O)N1CC. The number of methoxy groups -OCH3 is 1. The van der Waals surface area contributed by atoms with Gasteiger partial charge >= 0.3 is 0 Å². The smallest absolute Gasteiger partial charge is 0.266 e. The number of hydrogen-bond acceptors (Lipinski definition) is 5. The molecule has 0 spiro atoms. The van der Waals surface area contributed by atoms with Crippen LogP contribution in [0.4, 0.5) is 4.39 Å². The summed E-state index contributed by atoms with van der Waals surface area (Å²) in [6.07, 6.45) is 1.75. The van der Waals surface area contributed by atoms with Gasteiger partial charge in [-0.3, -0.25) is 14.7 Å². The van der Waals surface area contributed by atoms with E-state index in [0.717, 1.165) is 0 Å². The van der Waals surface area contributed by atoms with E-state index in [4.69, 9.17) is 21.1 Å². The molecule has 158 valence electrons. The predicted molar refractivity (Wildman–Crippen MR) is 120 cm³/mol. The molecule has 1 heterocycles. The van der Waals surface area contributed by atoms with Crippen LogP contribution in [0.3, 0.4) is 0 Å². The second kappa shape index (κ2) is 10.00. The van der Waals surface area contributed by atoms with Gasteiger partial charge in [0.15, 0.2) is 16.7 Å². The molecule has 1 saturated heterocycles. The second-order valence-corrected chi connectivity index (χ2v) is 7.75. The van der Waals surface area contributed by atoms with E-state index in [1.165, 1.54) is 24.9 Å². The van der Waals surface area contributed by atoms with E-state index in [0.29, 0.717) is 50.8 Å². The van der Waals surface area contributed by atoms with E-state index in [2.05, 4.69) is 4.99 Å². The van der Waals surface area contributed by atoms with Gasteiger partial charge in [-0.2, -0.15) is 0 Å². The summed E-state index contributed by atoms with van der Waals surface area (Å²) >= 11 is 7.76. The van der Waals surface area contributed by atoms with Gasteiger partial charge in [-0.05, 0) is 55.4 Å². The van der Waals surface area contributed by atoms with Crippen molar-refractivity contribution < 1.29 is 18.7 Å². The molecule has 30 heavy (non-hydrogen) atoms. The van der Waals surface area contributed by atoms with Crippen molar-refractivity contribution in [3.05, 3.63) is 63.3 Å². The van der Waals surface area contributed by atoms with Crippen molar-refractivity contribution in [1.29, 1.82) is 0 Å². The first kappa shape index (κ1) is 22.2. The van der Waals surface area contributed by atoms with Gasteiger partial charge in [-0.25, -0.2) is 4.39 Å². The molecule has 1 fully saturated rings. The molecule has 2 aromatic rings. The summed E-state index contributed by atoms with van der Waals surface area (Å²) in [5, 5.41) is 1.00. The lowest BCUT2D eigenvalue weighted by molar-refractivity contribution is -0.122. The quantitative estimate of drug-likeness (QED) is 0.534. The highest BCUT2D eigenvalue weighted by molar-refractivity contribution is 8.18. The fourth-order valence-corrected chi connectivity index (χ4v) is 4.30. The molecule has 2 aromatic carbocycles. The van der Waals surface area contributed by atoms with Crippen LogP contribution in [0, 0.1) is 5.82 Å². The zero-order valence-corrected chi connectivity index (χ0v) is 18.5. The summed E-state index contributed by atoms with van der Waals surface area (Å²) in [4.78, 5) is 19.2. The predicted octanol–water partition coefficient (Wildman–Crippen LogP) is 5.38. The van der Waals surface area contributed by atoms with Crippen molar-refractivity contribution >= 4 is 40.5 Å². The van der Waals surface area contributed by atoms with E-state index in [1.54, 1.807) is 41.3 Å². The van der Waals surface area contributed by atoms with Crippen LogP contribution in [-0.2, 0) is 11.4 Å². The first-order chi connectivity index (χ1) is 14.5. The molecule has 8 heteroatoms. The number of benzene rings is 2. The third kappa shape index (κ3) is 4.79. The molecule has 0 aromatic heterocycles. The Labute approximate surface area is 184 Å². The van der Waals surface area contributed by atoms with Gasteiger partial charge in [0.05, 0.1) is 17.0 Å². The van der Waals surface area contributed by atoms with Crippen molar-refractivity contribution in [2.75, 3.05) is 20.2 Å². The van der Waals surface area contributed by atoms with E-state index in [9.17, 15) is 9.18 Å². The van der Waals surface area contributed by atoms with E-state index < -0.39 is 0 Å². The van der Waals surface area contributed by atoms with Gasteiger partial charge in [0.25, 0.3) is 5.91 Å². The maximum Gasteiger partial charge on any atom is 0.266 e. The number of ether oxygens (including phenoxy) is 2. The maximum atomic E-state index is 13.9. The number of hydrogen-bond donors (Lipinski definition) is 0. The van der Waals surface area contributed by atoms with Crippen molar-refractivity contribution in [2.45, 2.75) is 20.5 Å². The first-order valence-electron chi connectivity index (χ1n) is 9.48. The first-order valence-corrected chi connectivity index (χ1v) is 10.7. The highest BCUT2D eigenvalue weighted by Gasteiger charge is 2.31. The van der Waals surface area contributed by atoms with E-state index >= 15 is 0 Å². The molecule has 1 aliphatic heterocycles. The summed E-state index contributed by atoms with van der Waals surface area (Å²) in [5.74, 6) is 0.273. The maximum absolute atomic E-state index is 13.9. The van der Waals surface area contributed by atoms with Gasteiger partial charge < -0.3 is 9.47 Å². The molecule has 0 unspecified atom stereocenters. The number of aliphatic imine (C=N–C) groups is 1. The number of thioether (sulfide) groups is 1. The van der Waals surface area contributed by atoms with Gasteiger partial charge in [0.1, 0.15) is 12.4 Å². The molecular formula is C22H22ClFN2O3S. The van der Waals surface area contributed by atoms with Gasteiger partial charge in [0.2, 0.25) is 0 Å². The van der Waals surface area contributed by atoms with Crippen LogP contribution in [0.1, 0.15) is 25.0 Å². The van der Waals surface area contributed by atoms with Crippen LogP contribution < -0.4 is 9.47 Å². The topological polar surface area (TPSA) is 51.1 Å². The molecule has 0 radical (unpaired) electrons. The lowest BCUT2D eigenvalue weighted by atomic mass is 10.1. The summed E-state index contributed by atoms with van der Waals surface area (Å²) in [6.45, 7) is 5.01. The van der Waals surface area contributed by atoms with Gasteiger partial charge in [-0.15, -0.1) is 0 Å². The zero-order chi connectivity index (χ0) is 21.7. The summed E-state index contributed by atoms with van der Waals surface area (Å²) in [6, 6.07) is 9.79. The number of carbonyl (C=O) groups is 1. The number of rotatable bonds is 7. The Morgan fingerprint density at radius 1 is 1.27 bits per heavy atom. The number of likely N-dealkylation sites (N-methyl/N-ethyl adjacent to an activating group) is 1. The highest BCUT2D eigenvalue weighted by Crippen LogP contribution is 2.39. The minimum atomic E-state index is -0.351. The Balaban J connectivity index is 1.87. The van der Waals surface area contributed by atoms with Crippen LogP contribution in [-0.4, -0.2) is 36.2 Å². The van der Waals surface area contributed by atoms with Crippen LogP contribution in [0.15, 0.2) is 46.3 Å². The fraction of sp³-hybridized carbons (Fsp3) is 0.273. The number of nitrogens with zero attached hydrogens (tertiary/aromatic N) is 2. The van der Waals surface area contributed by atoms with Crippen LogP contribution >= 0.6 is 23.4 Å². The second-order valence-electron chi connectivity index (χ2n) is 6.33. The Kier molecular flexibility index (Phi) is 7.39. The lowest BCUT2D eigenvalue weighted by Crippen LogP contribution is -2.28. The van der Waals surface area contributed by atoms with Crippen molar-refractivity contribution in [2.24, 2.45) is 4.99 Å². The molecule has 0 aliphatic carbocycles. The number of carbonyl (C=O) groups excluding carboxylic acids is 1. The van der Waals surface area contributed by atoms with Crippen molar-refractivity contribution in [3.8, 4) is 11.5 Å². The summed E-state index contributed by atoms with van der Waals surface area (Å²) in [5.41, 5.74) is 1.11.